The smallest absolute Gasteiger partial charge is 0.253 e. The molecule has 0 aliphatic heterocycles. The van der Waals surface area contributed by atoms with E-state index in [0.29, 0.717) is 30.6 Å². The predicted octanol–water partition coefficient (Wildman–Crippen LogP) is 5.18. The second kappa shape index (κ2) is 15.4. The van der Waals surface area contributed by atoms with Gasteiger partial charge in [0, 0.05) is 36.3 Å². The quantitative estimate of drug-likeness (QED) is 0.239. The van der Waals surface area contributed by atoms with E-state index in [1.165, 1.54) is 0 Å². The number of ether oxygens (including phenoxy) is 1. The molecule has 0 saturated heterocycles. The minimum Gasteiger partial charge on any atom is -0.497 e. The Morgan fingerprint density at radius 2 is 1.54 bits per heavy atom. The monoisotopic (exact) mass is 559 g/mol. The first-order valence-corrected chi connectivity index (χ1v) is 14.5. The van der Waals surface area contributed by atoms with Gasteiger partial charge in [-0.2, -0.15) is 0 Å². The van der Waals surface area contributed by atoms with Gasteiger partial charge in [0.25, 0.3) is 11.8 Å². The summed E-state index contributed by atoms with van der Waals surface area (Å²) in [5, 5.41) is 17.8. The van der Waals surface area contributed by atoms with Crippen LogP contribution >= 0.6 is 0 Å². The average Bonchev–Trinajstić information content (AvgIpc) is 2.99. The van der Waals surface area contributed by atoms with E-state index in [2.05, 4.69) is 24.5 Å². The molecule has 3 rings (SSSR count). The summed E-state index contributed by atoms with van der Waals surface area (Å²) in [6.45, 7) is 9.81. The molecule has 7 nitrogen and oxygen atoms in total. The summed E-state index contributed by atoms with van der Waals surface area (Å²) in [4.78, 5) is 28.4. The number of hydrogen-bond donors (Lipinski definition) is 3. The maximum Gasteiger partial charge on any atom is 0.253 e. The Morgan fingerprint density at radius 1 is 0.902 bits per heavy atom. The lowest BCUT2D eigenvalue weighted by atomic mass is 9.93. The van der Waals surface area contributed by atoms with Crippen molar-refractivity contribution in [3.63, 3.8) is 0 Å². The largest absolute Gasteiger partial charge is 0.497 e. The standard InChI is InChI=1S/C34H45N3O4/c1-6-20-37(21-7-2)33(40)27-15-11-14-26(23-27)32(39)36-30(22-25-12-9-8-10-13-25)31(38)24-35-34(3,4)28-16-18-29(41-5)19-17-28/h8-19,23,30-31,35,38H,6-7,20-22,24H2,1-5H3,(H,36,39)/t30-,31+/m0/s1. The van der Waals surface area contributed by atoms with Gasteiger partial charge < -0.3 is 25.4 Å². The number of methoxy groups -OCH3 is 1. The number of rotatable bonds is 15. The van der Waals surface area contributed by atoms with Crippen LogP contribution in [-0.4, -0.2) is 60.7 Å². The molecular formula is C34H45N3O4. The molecule has 0 spiro atoms. The highest BCUT2D eigenvalue weighted by Crippen LogP contribution is 2.23. The minimum atomic E-state index is -0.869. The fourth-order valence-electron chi connectivity index (χ4n) is 4.85. The molecule has 3 aromatic carbocycles. The van der Waals surface area contributed by atoms with E-state index in [1.54, 1.807) is 31.4 Å². The molecule has 0 aliphatic carbocycles. The fourth-order valence-corrected chi connectivity index (χ4v) is 4.85. The fraction of sp³-hybridized carbons (Fsp3) is 0.412. The molecular weight excluding hydrogens is 514 g/mol. The molecule has 220 valence electrons. The molecule has 0 heterocycles. The van der Waals surface area contributed by atoms with Crippen LogP contribution < -0.4 is 15.4 Å². The Kier molecular flexibility index (Phi) is 11.9. The molecule has 0 unspecified atom stereocenters. The van der Waals surface area contributed by atoms with E-state index in [0.717, 1.165) is 29.7 Å². The summed E-state index contributed by atoms with van der Waals surface area (Å²) in [5.41, 5.74) is 2.51. The van der Waals surface area contributed by atoms with Crippen molar-refractivity contribution in [3.05, 3.63) is 101 Å². The van der Waals surface area contributed by atoms with Crippen LogP contribution in [0.1, 0.15) is 72.4 Å². The molecule has 3 aromatic rings. The van der Waals surface area contributed by atoms with Crippen molar-refractivity contribution in [2.24, 2.45) is 0 Å². The lowest BCUT2D eigenvalue weighted by Crippen LogP contribution is -2.51. The van der Waals surface area contributed by atoms with Gasteiger partial charge in [0.1, 0.15) is 5.75 Å². The summed E-state index contributed by atoms with van der Waals surface area (Å²) < 4.78 is 5.27. The molecule has 0 saturated carbocycles. The Labute approximate surface area is 244 Å². The van der Waals surface area contributed by atoms with Crippen LogP contribution in [0.5, 0.6) is 5.75 Å². The van der Waals surface area contributed by atoms with E-state index in [1.807, 2.05) is 73.3 Å². The Balaban J connectivity index is 1.76. The van der Waals surface area contributed by atoms with E-state index in [4.69, 9.17) is 4.74 Å². The van der Waals surface area contributed by atoms with Crippen molar-refractivity contribution in [3.8, 4) is 5.75 Å². The summed E-state index contributed by atoms with van der Waals surface area (Å²) in [6, 6.07) is 23.9. The van der Waals surface area contributed by atoms with Gasteiger partial charge in [-0.25, -0.2) is 0 Å². The number of carbonyl (C=O) groups excluding carboxylic acids is 2. The second-order valence-electron chi connectivity index (χ2n) is 10.9. The summed E-state index contributed by atoms with van der Waals surface area (Å²) in [7, 11) is 1.64. The van der Waals surface area contributed by atoms with E-state index in [9.17, 15) is 14.7 Å². The molecule has 2 atom stereocenters. The Morgan fingerprint density at radius 3 is 2.15 bits per heavy atom. The highest BCUT2D eigenvalue weighted by Gasteiger charge is 2.27. The second-order valence-corrected chi connectivity index (χ2v) is 10.9. The zero-order valence-electron chi connectivity index (χ0n) is 25.0. The van der Waals surface area contributed by atoms with Crippen molar-refractivity contribution in [2.75, 3.05) is 26.7 Å². The van der Waals surface area contributed by atoms with Gasteiger partial charge in [0.05, 0.1) is 19.3 Å². The molecule has 0 aromatic heterocycles. The van der Waals surface area contributed by atoms with Crippen LogP contribution in [0, 0.1) is 0 Å². The maximum absolute atomic E-state index is 13.4. The van der Waals surface area contributed by atoms with Gasteiger partial charge in [-0.15, -0.1) is 0 Å². The number of nitrogens with one attached hydrogen (secondary N) is 2. The molecule has 41 heavy (non-hydrogen) atoms. The molecule has 2 amide bonds. The van der Waals surface area contributed by atoms with Crippen LogP contribution in [-0.2, 0) is 12.0 Å². The molecule has 0 fully saturated rings. The van der Waals surface area contributed by atoms with Crippen molar-refractivity contribution < 1.29 is 19.4 Å². The number of hydrogen-bond acceptors (Lipinski definition) is 5. The van der Waals surface area contributed by atoms with Crippen molar-refractivity contribution in [1.82, 2.24) is 15.5 Å². The third-order valence-electron chi connectivity index (χ3n) is 7.29. The third kappa shape index (κ3) is 9.17. The van der Waals surface area contributed by atoms with Gasteiger partial charge in [0.15, 0.2) is 0 Å². The van der Waals surface area contributed by atoms with Crippen LogP contribution in [0.15, 0.2) is 78.9 Å². The first kappa shape index (κ1) is 31.8. The first-order valence-electron chi connectivity index (χ1n) is 14.5. The minimum absolute atomic E-state index is 0.0748. The zero-order chi connectivity index (χ0) is 29.8. The number of aliphatic hydroxyl groups excluding tert-OH is 1. The number of aliphatic hydroxyl groups is 1. The zero-order valence-corrected chi connectivity index (χ0v) is 25.0. The highest BCUT2D eigenvalue weighted by molar-refractivity contribution is 5.99. The number of benzene rings is 3. The number of carbonyl (C=O) groups is 2. The van der Waals surface area contributed by atoms with E-state index in [-0.39, 0.29) is 18.4 Å². The summed E-state index contributed by atoms with van der Waals surface area (Å²) in [6.07, 6.45) is 1.33. The van der Waals surface area contributed by atoms with Gasteiger partial charge in [-0.1, -0.05) is 62.4 Å². The molecule has 0 aliphatic rings. The molecule has 0 radical (unpaired) electrons. The maximum atomic E-state index is 13.4. The SMILES string of the molecule is CCCN(CCC)C(=O)c1cccc(C(=O)N[C@@H](Cc2ccccc2)[C@H](O)CNC(C)(C)c2ccc(OC)cc2)c1. The summed E-state index contributed by atoms with van der Waals surface area (Å²) >= 11 is 0. The molecule has 3 N–H and O–H groups in total. The van der Waals surface area contributed by atoms with E-state index < -0.39 is 17.7 Å². The van der Waals surface area contributed by atoms with Gasteiger partial charge >= 0.3 is 0 Å². The van der Waals surface area contributed by atoms with Crippen molar-refractivity contribution in [1.29, 1.82) is 0 Å². The average molecular weight is 560 g/mol. The van der Waals surface area contributed by atoms with Gasteiger partial charge in [0.2, 0.25) is 0 Å². The van der Waals surface area contributed by atoms with Crippen molar-refractivity contribution >= 4 is 11.8 Å². The summed E-state index contributed by atoms with van der Waals surface area (Å²) in [5.74, 6) is 0.380. The normalized spacial score (nSPS) is 12.8. The lowest BCUT2D eigenvalue weighted by Gasteiger charge is -2.31. The topological polar surface area (TPSA) is 90.9 Å². The van der Waals surface area contributed by atoms with Gasteiger partial charge in [-0.3, -0.25) is 9.59 Å². The third-order valence-corrected chi connectivity index (χ3v) is 7.29. The van der Waals surface area contributed by atoms with Gasteiger partial charge in [-0.05, 0) is 74.6 Å². The predicted molar refractivity (Wildman–Crippen MR) is 164 cm³/mol. The number of nitrogens with zero attached hydrogens (tertiary/aromatic N) is 1. The first-order chi connectivity index (χ1) is 19.7. The Bertz CT molecular complexity index is 1240. The Hall–Kier alpha value is -3.68. The number of amides is 2. The van der Waals surface area contributed by atoms with Crippen LogP contribution in [0.2, 0.25) is 0 Å². The van der Waals surface area contributed by atoms with Crippen LogP contribution in [0.25, 0.3) is 0 Å². The highest BCUT2D eigenvalue weighted by atomic mass is 16.5. The van der Waals surface area contributed by atoms with Crippen molar-refractivity contribution in [2.45, 2.75) is 64.6 Å². The molecule has 7 heteroatoms. The molecule has 0 bridgehead atoms. The van der Waals surface area contributed by atoms with Crippen LogP contribution in [0.3, 0.4) is 0 Å². The van der Waals surface area contributed by atoms with Crippen LogP contribution in [0.4, 0.5) is 0 Å². The lowest BCUT2D eigenvalue weighted by molar-refractivity contribution is 0.0755. The van der Waals surface area contributed by atoms with E-state index >= 15 is 0 Å².